The third-order valence-electron chi connectivity index (χ3n) is 3.01. The minimum Gasteiger partial charge on any atom is -0.484 e. The molecule has 0 spiro atoms. The first-order valence-corrected chi connectivity index (χ1v) is 5.96. The summed E-state index contributed by atoms with van der Waals surface area (Å²) in [6, 6.07) is 8.09. The molecular formula is C14H15NO4. The molecule has 1 aliphatic rings. The summed E-state index contributed by atoms with van der Waals surface area (Å²) in [5, 5.41) is 9.11. The zero-order chi connectivity index (χ0) is 13.8. The fourth-order valence-electron chi connectivity index (χ4n) is 2.02. The van der Waals surface area contributed by atoms with Crippen LogP contribution in [0.1, 0.15) is 6.92 Å². The van der Waals surface area contributed by atoms with E-state index in [1.165, 1.54) is 4.90 Å². The number of rotatable bonds is 4. The number of carboxylic acid groups (broad SMARTS) is 1. The molecule has 5 heteroatoms. The topological polar surface area (TPSA) is 66.8 Å². The average Bonchev–Trinajstić information content (AvgIpc) is 2.79. The molecule has 1 N–H and O–H groups in total. The van der Waals surface area contributed by atoms with Crippen LogP contribution in [0.3, 0.4) is 0 Å². The summed E-state index contributed by atoms with van der Waals surface area (Å²) < 4.78 is 5.34. The highest BCUT2D eigenvalue weighted by atomic mass is 16.5. The van der Waals surface area contributed by atoms with E-state index in [4.69, 9.17) is 9.84 Å². The predicted molar refractivity (Wildman–Crippen MR) is 68.8 cm³/mol. The number of nitrogens with zero attached hydrogens (tertiary/aromatic N) is 1. The molecule has 2 rings (SSSR count). The molecule has 0 aromatic heterocycles. The third kappa shape index (κ3) is 2.93. The van der Waals surface area contributed by atoms with Gasteiger partial charge in [-0.05, 0) is 24.6 Å². The molecular weight excluding hydrogens is 246 g/mol. The molecule has 1 aliphatic heterocycles. The van der Waals surface area contributed by atoms with Crippen molar-refractivity contribution in [2.75, 3.05) is 13.2 Å². The summed E-state index contributed by atoms with van der Waals surface area (Å²) in [6.07, 6.45) is 1.75. The molecule has 0 radical (unpaired) electrons. The number of ether oxygens (including phenoxy) is 1. The average molecular weight is 261 g/mol. The number of carboxylic acids is 1. The van der Waals surface area contributed by atoms with Crippen LogP contribution in [0.25, 0.3) is 0 Å². The molecule has 0 saturated carbocycles. The lowest BCUT2D eigenvalue weighted by atomic mass is 10.1. The normalized spacial score (nSPS) is 18.1. The largest absolute Gasteiger partial charge is 0.484 e. The highest BCUT2D eigenvalue weighted by molar-refractivity contribution is 5.87. The van der Waals surface area contributed by atoms with Crippen molar-refractivity contribution in [2.45, 2.75) is 13.0 Å². The third-order valence-corrected chi connectivity index (χ3v) is 3.01. The van der Waals surface area contributed by atoms with Crippen molar-refractivity contribution < 1.29 is 19.4 Å². The molecule has 1 unspecified atom stereocenters. The van der Waals surface area contributed by atoms with Gasteiger partial charge in [-0.25, -0.2) is 4.79 Å². The van der Waals surface area contributed by atoms with Crippen LogP contribution in [0.4, 0.5) is 0 Å². The van der Waals surface area contributed by atoms with E-state index in [9.17, 15) is 9.59 Å². The first-order valence-electron chi connectivity index (χ1n) is 5.96. The number of amides is 1. The van der Waals surface area contributed by atoms with Crippen molar-refractivity contribution in [3.05, 3.63) is 42.0 Å². The highest BCUT2D eigenvalue weighted by Gasteiger charge is 2.34. The van der Waals surface area contributed by atoms with Gasteiger partial charge in [0.25, 0.3) is 5.91 Å². The van der Waals surface area contributed by atoms with E-state index in [2.05, 4.69) is 0 Å². The summed E-state index contributed by atoms with van der Waals surface area (Å²) >= 11 is 0. The maximum absolute atomic E-state index is 12.0. The second-order valence-electron chi connectivity index (χ2n) is 4.34. The Morgan fingerprint density at radius 1 is 1.37 bits per heavy atom. The number of carbonyl (C=O) groups is 2. The van der Waals surface area contributed by atoms with Crippen molar-refractivity contribution in [1.29, 1.82) is 0 Å². The number of hydrogen-bond acceptors (Lipinski definition) is 3. The minimum absolute atomic E-state index is 0.158. The molecule has 0 fully saturated rings. The van der Waals surface area contributed by atoms with Crippen molar-refractivity contribution in [3.8, 4) is 5.75 Å². The Hall–Kier alpha value is -2.30. The Morgan fingerprint density at radius 3 is 2.68 bits per heavy atom. The SMILES string of the molecule is CC1=CCN(C(=O)COc2ccccc2)C1C(=O)O. The fraction of sp³-hybridized carbons (Fsp3) is 0.286. The summed E-state index contributed by atoms with van der Waals surface area (Å²) in [6.45, 7) is 1.87. The zero-order valence-electron chi connectivity index (χ0n) is 10.6. The molecule has 1 aromatic rings. The number of hydrogen-bond donors (Lipinski definition) is 1. The van der Waals surface area contributed by atoms with Gasteiger partial charge in [-0.1, -0.05) is 24.3 Å². The van der Waals surface area contributed by atoms with Gasteiger partial charge in [0.15, 0.2) is 12.6 Å². The molecule has 5 nitrogen and oxygen atoms in total. The highest BCUT2D eigenvalue weighted by Crippen LogP contribution is 2.18. The van der Waals surface area contributed by atoms with Gasteiger partial charge >= 0.3 is 5.97 Å². The lowest BCUT2D eigenvalue weighted by molar-refractivity contribution is -0.148. The maximum Gasteiger partial charge on any atom is 0.330 e. The second-order valence-corrected chi connectivity index (χ2v) is 4.34. The smallest absolute Gasteiger partial charge is 0.330 e. The van der Waals surface area contributed by atoms with Crippen molar-refractivity contribution in [3.63, 3.8) is 0 Å². The summed E-state index contributed by atoms with van der Waals surface area (Å²) in [4.78, 5) is 24.4. The molecule has 0 aliphatic carbocycles. The van der Waals surface area contributed by atoms with E-state index in [0.29, 0.717) is 17.9 Å². The van der Waals surface area contributed by atoms with Crippen LogP contribution in [0.15, 0.2) is 42.0 Å². The van der Waals surface area contributed by atoms with Crippen LogP contribution in [0.2, 0.25) is 0 Å². The van der Waals surface area contributed by atoms with Crippen LogP contribution in [0, 0.1) is 0 Å². The van der Waals surface area contributed by atoms with Crippen LogP contribution in [0.5, 0.6) is 5.75 Å². The van der Waals surface area contributed by atoms with Gasteiger partial charge in [0.2, 0.25) is 0 Å². The zero-order valence-corrected chi connectivity index (χ0v) is 10.6. The van der Waals surface area contributed by atoms with Crippen molar-refractivity contribution >= 4 is 11.9 Å². The lowest BCUT2D eigenvalue weighted by Crippen LogP contribution is -2.44. The van der Waals surface area contributed by atoms with Gasteiger partial charge in [0.05, 0.1) is 0 Å². The quantitative estimate of drug-likeness (QED) is 0.830. The van der Waals surface area contributed by atoms with Crippen LogP contribution in [-0.2, 0) is 9.59 Å². The number of para-hydroxylation sites is 1. The fourth-order valence-corrected chi connectivity index (χ4v) is 2.02. The monoisotopic (exact) mass is 261 g/mol. The number of benzene rings is 1. The maximum atomic E-state index is 12.0. The van der Waals surface area contributed by atoms with Crippen LogP contribution < -0.4 is 4.74 Å². The molecule has 100 valence electrons. The molecule has 1 amide bonds. The molecule has 1 heterocycles. The number of aliphatic carboxylic acids is 1. The Balaban J connectivity index is 1.96. The van der Waals surface area contributed by atoms with Gasteiger partial charge in [-0.2, -0.15) is 0 Å². The van der Waals surface area contributed by atoms with E-state index in [-0.39, 0.29) is 12.5 Å². The molecule has 0 saturated heterocycles. The van der Waals surface area contributed by atoms with E-state index < -0.39 is 12.0 Å². The second kappa shape index (κ2) is 5.56. The van der Waals surface area contributed by atoms with E-state index in [1.54, 1.807) is 37.3 Å². The van der Waals surface area contributed by atoms with Gasteiger partial charge in [0.1, 0.15) is 5.75 Å². The van der Waals surface area contributed by atoms with Gasteiger partial charge < -0.3 is 14.7 Å². The molecule has 1 aromatic carbocycles. The predicted octanol–water partition coefficient (Wildman–Crippen LogP) is 1.31. The van der Waals surface area contributed by atoms with Gasteiger partial charge in [0, 0.05) is 6.54 Å². The molecule has 0 bridgehead atoms. The van der Waals surface area contributed by atoms with E-state index in [0.717, 1.165) is 0 Å². The van der Waals surface area contributed by atoms with Crippen molar-refractivity contribution in [1.82, 2.24) is 4.90 Å². The van der Waals surface area contributed by atoms with Gasteiger partial charge in [-0.3, -0.25) is 4.79 Å². The van der Waals surface area contributed by atoms with E-state index in [1.807, 2.05) is 6.07 Å². The Morgan fingerprint density at radius 2 is 2.05 bits per heavy atom. The Kier molecular flexibility index (Phi) is 3.85. The van der Waals surface area contributed by atoms with Gasteiger partial charge in [-0.15, -0.1) is 0 Å². The standard InChI is InChI=1S/C14H15NO4/c1-10-7-8-15(13(10)14(17)18)12(16)9-19-11-5-3-2-4-6-11/h2-7,13H,8-9H2,1H3,(H,17,18). The Labute approximate surface area is 111 Å². The van der Waals surface area contributed by atoms with Crippen LogP contribution in [-0.4, -0.2) is 41.1 Å². The van der Waals surface area contributed by atoms with Crippen LogP contribution >= 0.6 is 0 Å². The summed E-state index contributed by atoms with van der Waals surface area (Å²) in [5.74, 6) is -0.754. The number of carbonyl (C=O) groups excluding carboxylic acids is 1. The lowest BCUT2D eigenvalue weighted by Gasteiger charge is -2.23. The molecule has 19 heavy (non-hydrogen) atoms. The summed E-state index contributed by atoms with van der Waals surface area (Å²) in [5.41, 5.74) is 0.681. The minimum atomic E-state index is -1.01. The van der Waals surface area contributed by atoms with Crippen molar-refractivity contribution in [2.24, 2.45) is 0 Å². The molecule has 1 atom stereocenters. The first kappa shape index (κ1) is 13.1. The summed E-state index contributed by atoms with van der Waals surface area (Å²) in [7, 11) is 0. The Bertz CT molecular complexity index is 509. The van der Waals surface area contributed by atoms with E-state index >= 15 is 0 Å². The first-order chi connectivity index (χ1) is 9.09.